The third-order valence-electron chi connectivity index (χ3n) is 2.83. The highest BCUT2D eigenvalue weighted by Gasteiger charge is 2.21. The van der Waals surface area contributed by atoms with Gasteiger partial charge in [-0.25, -0.2) is 4.79 Å². The highest BCUT2D eigenvalue weighted by atomic mass is 16.6. The van der Waals surface area contributed by atoms with Gasteiger partial charge in [-0.05, 0) is 24.3 Å². The van der Waals surface area contributed by atoms with E-state index < -0.39 is 16.6 Å². The van der Waals surface area contributed by atoms with Gasteiger partial charge in [0.1, 0.15) is 5.56 Å². The smallest absolute Gasteiger partial charge is 0.342 e. The average molecular weight is 273 g/mol. The molecule has 1 heterocycles. The molecule has 0 fully saturated rings. The Kier molecular flexibility index (Phi) is 3.60. The Morgan fingerprint density at radius 1 is 1.35 bits per heavy atom. The molecular formula is C13H11N3O4. The van der Waals surface area contributed by atoms with E-state index in [-0.39, 0.29) is 5.56 Å². The number of aromatic nitrogens is 1. The molecule has 0 radical (unpaired) electrons. The first-order valence-electron chi connectivity index (χ1n) is 5.66. The largest absolute Gasteiger partial charge is 0.477 e. The Morgan fingerprint density at radius 3 is 2.65 bits per heavy atom. The van der Waals surface area contributed by atoms with Crippen LogP contribution in [0.3, 0.4) is 0 Å². The number of nitrogens with zero attached hydrogens (tertiary/aromatic N) is 3. The number of pyridine rings is 1. The number of aromatic carboxylic acids is 1. The van der Waals surface area contributed by atoms with Gasteiger partial charge in [-0.15, -0.1) is 0 Å². The minimum Gasteiger partial charge on any atom is -0.477 e. The van der Waals surface area contributed by atoms with E-state index in [0.717, 1.165) is 5.69 Å². The number of hydrogen-bond donors (Lipinski definition) is 1. The quantitative estimate of drug-likeness (QED) is 0.678. The maximum atomic E-state index is 10.9. The lowest BCUT2D eigenvalue weighted by Gasteiger charge is -2.18. The zero-order valence-corrected chi connectivity index (χ0v) is 10.6. The van der Waals surface area contributed by atoms with Crippen molar-refractivity contribution in [3.05, 3.63) is 58.4 Å². The summed E-state index contributed by atoms with van der Waals surface area (Å²) in [6.07, 6.45) is 3.23. The summed E-state index contributed by atoms with van der Waals surface area (Å²) >= 11 is 0. The van der Waals surface area contributed by atoms with E-state index in [4.69, 9.17) is 5.11 Å². The van der Waals surface area contributed by atoms with E-state index in [1.54, 1.807) is 36.5 Å². The number of hydrogen-bond acceptors (Lipinski definition) is 5. The second-order valence-electron chi connectivity index (χ2n) is 4.03. The van der Waals surface area contributed by atoms with Crippen molar-refractivity contribution in [2.45, 2.75) is 0 Å². The summed E-state index contributed by atoms with van der Waals surface area (Å²) in [4.78, 5) is 26.8. The van der Waals surface area contributed by atoms with Crippen LogP contribution in [0.2, 0.25) is 0 Å². The van der Waals surface area contributed by atoms with E-state index in [1.165, 1.54) is 18.2 Å². The van der Waals surface area contributed by atoms with Crippen LogP contribution < -0.4 is 4.90 Å². The number of nitro groups is 1. The number of nitro benzene ring substituents is 1. The normalized spacial score (nSPS) is 10.1. The molecule has 0 saturated carbocycles. The molecule has 0 aliphatic rings. The molecule has 0 spiro atoms. The number of carbonyl (C=O) groups is 1. The van der Waals surface area contributed by atoms with Gasteiger partial charge in [0.05, 0.1) is 16.8 Å². The number of carboxylic acids is 1. The molecule has 1 N–H and O–H groups in total. The van der Waals surface area contributed by atoms with Gasteiger partial charge in [-0.1, -0.05) is 0 Å². The minimum absolute atomic E-state index is 0.335. The third kappa shape index (κ3) is 2.56. The molecule has 0 atom stereocenters. The fourth-order valence-electron chi connectivity index (χ4n) is 1.76. The summed E-state index contributed by atoms with van der Waals surface area (Å²) in [6, 6.07) is 7.51. The third-order valence-corrected chi connectivity index (χ3v) is 2.83. The van der Waals surface area contributed by atoms with Crippen LogP contribution in [0.5, 0.6) is 0 Å². The summed E-state index contributed by atoms with van der Waals surface area (Å²) in [6.45, 7) is 0. The van der Waals surface area contributed by atoms with Crippen LogP contribution in [0.15, 0.2) is 42.7 Å². The highest BCUT2D eigenvalue weighted by molar-refractivity contribution is 5.93. The first kappa shape index (κ1) is 13.5. The van der Waals surface area contributed by atoms with Crippen LogP contribution in [-0.2, 0) is 0 Å². The van der Waals surface area contributed by atoms with Gasteiger partial charge >= 0.3 is 5.97 Å². The second-order valence-corrected chi connectivity index (χ2v) is 4.03. The molecule has 0 aliphatic heterocycles. The van der Waals surface area contributed by atoms with Gasteiger partial charge in [0.2, 0.25) is 0 Å². The second kappa shape index (κ2) is 5.35. The summed E-state index contributed by atoms with van der Waals surface area (Å²) < 4.78 is 0. The fourth-order valence-corrected chi connectivity index (χ4v) is 1.76. The molecule has 1 aromatic carbocycles. The molecule has 0 amide bonds. The van der Waals surface area contributed by atoms with E-state index in [1.807, 2.05) is 0 Å². The van der Waals surface area contributed by atoms with E-state index in [9.17, 15) is 14.9 Å². The van der Waals surface area contributed by atoms with Gasteiger partial charge in [-0.3, -0.25) is 15.1 Å². The lowest BCUT2D eigenvalue weighted by atomic mass is 10.1. The lowest BCUT2D eigenvalue weighted by Crippen LogP contribution is -2.11. The Balaban J connectivity index is 2.46. The summed E-state index contributed by atoms with van der Waals surface area (Å²) in [5.74, 6) is -1.33. The van der Waals surface area contributed by atoms with E-state index in [2.05, 4.69) is 4.98 Å². The van der Waals surface area contributed by atoms with Crippen LogP contribution in [0.25, 0.3) is 0 Å². The summed E-state index contributed by atoms with van der Waals surface area (Å²) in [7, 11) is 1.72. The fraction of sp³-hybridized carbons (Fsp3) is 0.0769. The Labute approximate surface area is 114 Å². The molecule has 7 heteroatoms. The molecule has 2 aromatic rings. The molecule has 0 bridgehead atoms. The highest BCUT2D eigenvalue weighted by Crippen LogP contribution is 2.29. The SMILES string of the molecule is CN(c1cccnc1)c1ccc(C(=O)O)c([N+](=O)[O-])c1. The molecular weight excluding hydrogens is 262 g/mol. The van der Waals surface area contributed by atoms with Crippen LogP contribution >= 0.6 is 0 Å². The molecule has 7 nitrogen and oxygen atoms in total. The molecule has 20 heavy (non-hydrogen) atoms. The van der Waals surface area contributed by atoms with Crippen LogP contribution in [-0.4, -0.2) is 28.0 Å². The number of rotatable bonds is 4. The van der Waals surface area contributed by atoms with Gasteiger partial charge in [0.15, 0.2) is 0 Å². The van der Waals surface area contributed by atoms with E-state index in [0.29, 0.717) is 5.69 Å². The van der Waals surface area contributed by atoms with E-state index >= 15 is 0 Å². The average Bonchev–Trinajstić information content (AvgIpc) is 2.46. The molecule has 2 rings (SSSR count). The van der Waals surface area contributed by atoms with Gasteiger partial charge in [0, 0.05) is 25.0 Å². The van der Waals surface area contributed by atoms with Gasteiger partial charge < -0.3 is 10.0 Å². The number of benzene rings is 1. The first-order valence-corrected chi connectivity index (χ1v) is 5.66. The summed E-state index contributed by atoms with van der Waals surface area (Å²) in [5.41, 5.74) is 0.476. The minimum atomic E-state index is -1.33. The Bertz CT molecular complexity index is 658. The van der Waals surface area contributed by atoms with Crippen molar-refractivity contribution in [1.82, 2.24) is 4.98 Å². The van der Waals surface area contributed by atoms with Gasteiger partial charge in [-0.2, -0.15) is 0 Å². The van der Waals surface area contributed by atoms with Crippen molar-refractivity contribution < 1.29 is 14.8 Å². The summed E-state index contributed by atoms with van der Waals surface area (Å²) in [5, 5.41) is 19.9. The zero-order chi connectivity index (χ0) is 14.7. The number of anilines is 2. The topological polar surface area (TPSA) is 96.6 Å². The maximum Gasteiger partial charge on any atom is 0.342 e. The monoisotopic (exact) mass is 273 g/mol. The predicted octanol–water partition coefficient (Wildman–Crippen LogP) is 2.46. The van der Waals surface area contributed by atoms with Crippen LogP contribution in [0, 0.1) is 10.1 Å². The van der Waals surface area contributed by atoms with Crippen LogP contribution in [0.4, 0.5) is 17.1 Å². The van der Waals surface area contributed by atoms with Crippen molar-refractivity contribution in [2.24, 2.45) is 0 Å². The molecule has 0 aliphatic carbocycles. The Morgan fingerprint density at radius 2 is 2.10 bits per heavy atom. The molecule has 0 saturated heterocycles. The predicted molar refractivity (Wildman–Crippen MR) is 72.4 cm³/mol. The molecule has 1 aromatic heterocycles. The van der Waals surface area contributed by atoms with Crippen molar-refractivity contribution >= 4 is 23.0 Å². The molecule has 102 valence electrons. The van der Waals surface area contributed by atoms with Crippen molar-refractivity contribution in [3.8, 4) is 0 Å². The molecule has 0 unspecified atom stereocenters. The van der Waals surface area contributed by atoms with Crippen molar-refractivity contribution in [2.75, 3.05) is 11.9 Å². The first-order chi connectivity index (χ1) is 9.50. The van der Waals surface area contributed by atoms with Crippen molar-refractivity contribution in [3.63, 3.8) is 0 Å². The zero-order valence-electron chi connectivity index (χ0n) is 10.6. The Hall–Kier alpha value is -2.96. The standard InChI is InChI=1S/C13H11N3O4/c1-15(10-3-2-6-14-8-10)9-4-5-11(13(17)18)12(7-9)16(19)20/h2-8H,1H3,(H,17,18). The maximum absolute atomic E-state index is 10.9. The van der Waals surface area contributed by atoms with Crippen molar-refractivity contribution in [1.29, 1.82) is 0 Å². The van der Waals surface area contributed by atoms with Gasteiger partial charge in [0.25, 0.3) is 5.69 Å². The number of carboxylic acid groups (broad SMARTS) is 1. The van der Waals surface area contributed by atoms with Crippen LogP contribution in [0.1, 0.15) is 10.4 Å². The lowest BCUT2D eigenvalue weighted by molar-refractivity contribution is -0.385.